The topological polar surface area (TPSA) is 79.5 Å². The first kappa shape index (κ1) is 23.9. The molecule has 2 amide bonds. The van der Waals surface area contributed by atoms with Crippen LogP contribution in [0.1, 0.15) is 68.7 Å². The number of ether oxygens (including phenoxy) is 1. The van der Waals surface area contributed by atoms with E-state index < -0.39 is 6.04 Å². The van der Waals surface area contributed by atoms with Gasteiger partial charge in [-0.25, -0.2) is 0 Å². The number of carbonyl (C=O) groups excluding carboxylic acids is 2. The quantitative estimate of drug-likeness (QED) is 0.582. The Balaban J connectivity index is 4.65. The molecular formula is C19H39N3O3. The molecule has 0 aliphatic rings. The van der Waals surface area contributed by atoms with Gasteiger partial charge in [0.05, 0.1) is 12.2 Å². The second-order valence-corrected chi connectivity index (χ2v) is 9.74. The van der Waals surface area contributed by atoms with Crippen LogP contribution in [0.15, 0.2) is 0 Å². The molecule has 6 nitrogen and oxygen atoms in total. The molecule has 0 radical (unpaired) electrons. The molecule has 0 saturated carbocycles. The molecule has 0 bridgehead atoms. The zero-order valence-corrected chi connectivity index (χ0v) is 17.6. The van der Waals surface area contributed by atoms with Crippen molar-refractivity contribution in [2.24, 2.45) is 5.41 Å². The second-order valence-electron chi connectivity index (χ2n) is 9.74. The number of hydrogen-bond donors (Lipinski definition) is 3. The Morgan fingerprint density at radius 3 is 1.96 bits per heavy atom. The van der Waals surface area contributed by atoms with Crippen LogP contribution in [0.3, 0.4) is 0 Å². The predicted octanol–water partition coefficient (Wildman–Crippen LogP) is 2.23. The number of nitrogens with one attached hydrogen (secondary N) is 3. The van der Waals surface area contributed by atoms with Gasteiger partial charge in [-0.2, -0.15) is 0 Å². The molecule has 3 N–H and O–H groups in total. The largest absolute Gasteiger partial charge is 0.374 e. The number of rotatable bonds is 8. The second kappa shape index (κ2) is 9.53. The normalized spacial score (nSPS) is 14.1. The van der Waals surface area contributed by atoms with Crippen molar-refractivity contribution in [3.8, 4) is 0 Å². The maximum Gasteiger partial charge on any atom is 0.243 e. The fourth-order valence-electron chi connectivity index (χ4n) is 2.00. The molecule has 6 heteroatoms. The SMILES string of the molecule is CC(C)(C)CC(=O)N[C@@H](CNC(C)(C)C)C(=O)NCCOC(C)(C)C. The minimum absolute atomic E-state index is 0.116. The van der Waals surface area contributed by atoms with Gasteiger partial charge in [-0.15, -0.1) is 0 Å². The summed E-state index contributed by atoms with van der Waals surface area (Å²) < 4.78 is 5.60. The summed E-state index contributed by atoms with van der Waals surface area (Å²) >= 11 is 0. The lowest BCUT2D eigenvalue weighted by atomic mass is 9.92. The Hall–Kier alpha value is -1.14. The van der Waals surface area contributed by atoms with E-state index in [1.54, 1.807) is 0 Å². The lowest BCUT2D eigenvalue weighted by Crippen LogP contribution is -2.55. The van der Waals surface area contributed by atoms with Crippen molar-refractivity contribution >= 4 is 11.8 Å². The third-order valence-electron chi connectivity index (χ3n) is 3.12. The van der Waals surface area contributed by atoms with E-state index in [9.17, 15) is 9.59 Å². The molecule has 0 aromatic carbocycles. The smallest absolute Gasteiger partial charge is 0.243 e. The Morgan fingerprint density at radius 1 is 0.960 bits per heavy atom. The van der Waals surface area contributed by atoms with Crippen molar-refractivity contribution in [2.75, 3.05) is 19.7 Å². The zero-order valence-electron chi connectivity index (χ0n) is 17.6. The number of carbonyl (C=O) groups is 2. The summed E-state index contributed by atoms with van der Waals surface area (Å²) in [7, 11) is 0. The van der Waals surface area contributed by atoms with E-state index in [0.717, 1.165) is 0 Å². The number of amides is 2. The summed E-state index contributed by atoms with van der Waals surface area (Å²) in [4.78, 5) is 24.7. The molecular weight excluding hydrogens is 318 g/mol. The van der Waals surface area contributed by atoms with Crippen molar-refractivity contribution in [3.63, 3.8) is 0 Å². The molecule has 0 aliphatic carbocycles. The van der Waals surface area contributed by atoms with Crippen LogP contribution in [0.25, 0.3) is 0 Å². The molecule has 0 aromatic heterocycles. The third kappa shape index (κ3) is 14.9. The molecule has 25 heavy (non-hydrogen) atoms. The van der Waals surface area contributed by atoms with Crippen LogP contribution in [-0.2, 0) is 14.3 Å². The monoisotopic (exact) mass is 357 g/mol. The molecule has 0 saturated heterocycles. The van der Waals surface area contributed by atoms with Crippen molar-refractivity contribution in [3.05, 3.63) is 0 Å². The van der Waals surface area contributed by atoms with Gasteiger partial charge in [0, 0.05) is 25.0 Å². The molecule has 1 atom stereocenters. The lowest BCUT2D eigenvalue weighted by Gasteiger charge is -2.27. The van der Waals surface area contributed by atoms with Crippen LogP contribution in [-0.4, -0.2) is 48.7 Å². The first-order valence-corrected chi connectivity index (χ1v) is 9.05. The highest BCUT2D eigenvalue weighted by Crippen LogP contribution is 2.17. The van der Waals surface area contributed by atoms with Gasteiger partial charge < -0.3 is 20.7 Å². The molecule has 0 unspecified atom stereocenters. The maximum atomic E-state index is 12.5. The van der Waals surface area contributed by atoms with E-state index in [4.69, 9.17) is 4.74 Å². The van der Waals surface area contributed by atoms with E-state index in [2.05, 4.69) is 16.0 Å². The Kier molecular flexibility index (Phi) is 9.09. The van der Waals surface area contributed by atoms with E-state index >= 15 is 0 Å². The highest BCUT2D eigenvalue weighted by Gasteiger charge is 2.25. The summed E-state index contributed by atoms with van der Waals surface area (Å²) in [6.45, 7) is 19.2. The molecule has 0 rings (SSSR count). The van der Waals surface area contributed by atoms with Gasteiger partial charge in [0.1, 0.15) is 6.04 Å². The van der Waals surface area contributed by atoms with Crippen molar-refractivity contribution in [2.45, 2.75) is 85.9 Å². The maximum absolute atomic E-state index is 12.5. The first-order valence-electron chi connectivity index (χ1n) is 9.05. The van der Waals surface area contributed by atoms with E-state index in [0.29, 0.717) is 26.1 Å². The lowest BCUT2D eigenvalue weighted by molar-refractivity contribution is -0.130. The molecule has 0 heterocycles. The highest BCUT2D eigenvalue weighted by molar-refractivity contribution is 5.88. The third-order valence-corrected chi connectivity index (χ3v) is 3.12. The Morgan fingerprint density at radius 2 is 1.52 bits per heavy atom. The van der Waals surface area contributed by atoms with Gasteiger partial charge >= 0.3 is 0 Å². The minimum atomic E-state index is -0.608. The van der Waals surface area contributed by atoms with Crippen molar-refractivity contribution < 1.29 is 14.3 Å². The zero-order chi connectivity index (χ0) is 19.9. The summed E-state index contributed by atoms with van der Waals surface area (Å²) in [5.41, 5.74) is -0.495. The van der Waals surface area contributed by atoms with Crippen LogP contribution >= 0.6 is 0 Å². The fourth-order valence-corrected chi connectivity index (χ4v) is 2.00. The molecule has 0 fully saturated rings. The van der Waals surface area contributed by atoms with Gasteiger partial charge in [-0.1, -0.05) is 20.8 Å². The summed E-state index contributed by atoms with van der Waals surface area (Å²) in [6, 6.07) is -0.608. The summed E-state index contributed by atoms with van der Waals surface area (Å²) in [5, 5.41) is 8.97. The van der Waals surface area contributed by atoms with Crippen LogP contribution in [0.2, 0.25) is 0 Å². The van der Waals surface area contributed by atoms with Crippen LogP contribution in [0.5, 0.6) is 0 Å². The van der Waals surface area contributed by atoms with Crippen LogP contribution in [0, 0.1) is 5.41 Å². The standard InChI is InChI=1S/C19H39N3O3/c1-17(2,3)12-15(23)22-14(13-21-18(4,5)6)16(24)20-10-11-25-19(7,8)9/h14,21H,10-13H2,1-9H3,(H,20,24)(H,22,23)/t14-/m0/s1. The van der Waals surface area contributed by atoms with Gasteiger partial charge in [-0.3, -0.25) is 9.59 Å². The molecule has 0 spiro atoms. The fraction of sp³-hybridized carbons (Fsp3) is 0.895. The van der Waals surface area contributed by atoms with Crippen LogP contribution in [0.4, 0.5) is 0 Å². The van der Waals surface area contributed by atoms with Gasteiger partial charge in [0.15, 0.2) is 0 Å². The predicted molar refractivity (Wildman–Crippen MR) is 102 cm³/mol. The van der Waals surface area contributed by atoms with E-state index in [1.165, 1.54) is 0 Å². The molecule has 0 aliphatic heterocycles. The minimum Gasteiger partial charge on any atom is -0.374 e. The molecule has 0 aromatic rings. The average Bonchev–Trinajstić information content (AvgIpc) is 2.35. The highest BCUT2D eigenvalue weighted by atomic mass is 16.5. The van der Waals surface area contributed by atoms with Gasteiger partial charge in [0.25, 0.3) is 0 Å². The van der Waals surface area contributed by atoms with Gasteiger partial charge in [-0.05, 0) is 47.0 Å². The van der Waals surface area contributed by atoms with Crippen molar-refractivity contribution in [1.82, 2.24) is 16.0 Å². The summed E-state index contributed by atoms with van der Waals surface area (Å²) in [5.74, 6) is -0.314. The van der Waals surface area contributed by atoms with E-state index in [1.807, 2.05) is 62.3 Å². The first-order chi connectivity index (χ1) is 11.1. The Bertz CT molecular complexity index is 429. The van der Waals surface area contributed by atoms with E-state index in [-0.39, 0.29) is 28.4 Å². The summed E-state index contributed by atoms with van der Waals surface area (Å²) in [6.07, 6.45) is 0.374. The average molecular weight is 358 g/mol. The molecule has 148 valence electrons. The number of hydrogen-bond acceptors (Lipinski definition) is 4. The van der Waals surface area contributed by atoms with Gasteiger partial charge in [0.2, 0.25) is 11.8 Å². The Labute approximate surface area is 153 Å². The van der Waals surface area contributed by atoms with Crippen LogP contribution < -0.4 is 16.0 Å². The van der Waals surface area contributed by atoms with Crippen molar-refractivity contribution in [1.29, 1.82) is 0 Å².